The molecule has 0 radical (unpaired) electrons. The topological polar surface area (TPSA) is 37.8 Å². The van der Waals surface area contributed by atoms with Gasteiger partial charge in [-0.1, -0.05) is 18.2 Å². The lowest BCUT2D eigenvalue weighted by molar-refractivity contribution is 0.871. The van der Waals surface area contributed by atoms with Crippen molar-refractivity contribution >= 4 is 27.9 Å². The van der Waals surface area contributed by atoms with Gasteiger partial charge >= 0.3 is 0 Å². The van der Waals surface area contributed by atoms with Crippen molar-refractivity contribution in [1.29, 1.82) is 0 Å². The average Bonchev–Trinajstić information content (AvgIpc) is 2.92. The van der Waals surface area contributed by atoms with Gasteiger partial charge in [0, 0.05) is 28.3 Å². The number of nitrogens with one attached hydrogen (secondary N) is 1. The van der Waals surface area contributed by atoms with E-state index in [-0.39, 0.29) is 6.04 Å². The number of hydrogen-bond acceptors (Lipinski definition) is 4. The lowest BCUT2D eigenvalue weighted by Gasteiger charge is -2.15. The first-order chi connectivity index (χ1) is 9.24. The van der Waals surface area contributed by atoms with Crippen molar-refractivity contribution < 1.29 is 0 Å². The van der Waals surface area contributed by atoms with Crippen LogP contribution >= 0.6 is 11.3 Å². The number of para-hydroxylation sites is 1. The Kier molecular flexibility index (Phi) is 3.17. The Morgan fingerprint density at radius 3 is 2.89 bits per heavy atom. The fourth-order valence-corrected chi connectivity index (χ4v) is 2.82. The predicted molar refractivity (Wildman–Crippen MR) is 80.6 cm³/mol. The minimum absolute atomic E-state index is 0.199. The number of nitrogens with zero attached hydrogens (tertiary/aromatic N) is 2. The van der Waals surface area contributed by atoms with Gasteiger partial charge in [-0.3, -0.25) is 4.98 Å². The van der Waals surface area contributed by atoms with E-state index in [1.807, 2.05) is 36.7 Å². The van der Waals surface area contributed by atoms with Crippen LogP contribution in [0.1, 0.15) is 23.7 Å². The van der Waals surface area contributed by atoms with Crippen LogP contribution in [-0.4, -0.2) is 9.97 Å². The second-order valence-corrected chi connectivity index (χ2v) is 5.49. The van der Waals surface area contributed by atoms with Gasteiger partial charge in [0.2, 0.25) is 0 Å². The van der Waals surface area contributed by atoms with Crippen LogP contribution in [0.25, 0.3) is 10.9 Å². The summed E-state index contributed by atoms with van der Waals surface area (Å²) in [6.07, 6.45) is 1.84. The molecule has 3 nitrogen and oxygen atoms in total. The third-order valence-electron chi connectivity index (χ3n) is 3.04. The van der Waals surface area contributed by atoms with Crippen molar-refractivity contribution in [2.45, 2.75) is 19.9 Å². The summed E-state index contributed by atoms with van der Waals surface area (Å²) in [6, 6.07) is 10.5. The highest BCUT2D eigenvalue weighted by Gasteiger charge is 2.10. The molecule has 0 fully saturated rings. The molecule has 2 aromatic heterocycles. The third kappa shape index (κ3) is 2.44. The molecule has 2 heterocycles. The third-order valence-corrected chi connectivity index (χ3v) is 4.00. The summed E-state index contributed by atoms with van der Waals surface area (Å²) < 4.78 is 0. The molecule has 1 N–H and O–H groups in total. The van der Waals surface area contributed by atoms with Crippen LogP contribution in [0.15, 0.2) is 41.9 Å². The van der Waals surface area contributed by atoms with Gasteiger partial charge in [0.25, 0.3) is 0 Å². The second-order valence-electron chi connectivity index (χ2n) is 4.56. The molecular formula is C15H15N3S. The Morgan fingerprint density at radius 1 is 1.26 bits per heavy atom. The molecule has 1 aromatic carbocycles. The number of aromatic nitrogens is 2. The molecule has 0 saturated carbocycles. The van der Waals surface area contributed by atoms with Gasteiger partial charge in [-0.15, -0.1) is 11.3 Å². The zero-order chi connectivity index (χ0) is 13.2. The van der Waals surface area contributed by atoms with E-state index >= 15 is 0 Å². The fourth-order valence-electron chi connectivity index (χ4n) is 2.17. The number of fused-ring (bicyclic) bond motifs is 1. The van der Waals surface area contributed by atoms with Crippen molar-refractivity contribution in [3.05, 3.63) is 52.6 Å². The summed E-state index contributed by atoms with van der Waals surface area (Å²) in [5.41, 5.74) is 3.16. The molecule has 3 rings (SSSR count). The lowest BCUT2D eigenvalue weighted by atomic mass is 10.1. The fraction of sp³-hybridized carbons (Fsp3) is 0.200. The van der Waals surface area contributed by atoms with Crippen LogP contribution in [0.4, 0.5) is 5.69 Å². The van der Waals surface area contributed by atoms with Crippen molar-refractivity contribution in [3.63, 3.8) is 0 Å². The molecule has 0 amide bonds. The van der Waals surface area contributed by atoms with E-state index in [2.05, 4.69) is 34.3 Å². The highest BCUT2D eigenvalue weighted by atomic mass is 32.1. The van der Waals surface area contributed by atoms with Gasteiger partial charge in [-0.2, -0.15) is 0 Å². The largest absolute Gasteiger partial charge is 0.375 e. The first-order valence-electron chi connectivity index (χ1n) is 6.26. The molecule has 0 spiro atoms. The first kappa shape index (κ1) is 12.1. The summed E-state index contributed by atoms with van der Waals surface area (Å²) >= 11 is 1.67. The van der Waals surface area contributed by atoms with E-state index in [0.29, 0.717) is 0 Å². The smallest absolute Gasteiger partial charge is 0.115 e. The number of thiazole rings is 1. The molecule has 3 aromatic rings. The van der Waals surface area contributed by atoms with Crippen LogP contribution in [0.3, 0.4) is 0 Å². The zero-order valence-electron chi connectivity index (χ0n) is 10.9. The van der Waals surface area contributed by atoms with E-state index in [1.165, 1.54) is 0 Å². The summed E-state index contributed by atoms with van der Waals surface area (Å²) in [5, 5.41) is 7.78. The Bertz CT molecular complexity index is 692. The molecule has 1 atom stereocenters. The van der Waals surface area contributed by atoms with Gasteiger partial charge in [-0.05, 0) is 26.0 Å². The highest BCUT2D eigenvalue weighted by molar-refractivity contribution is 7.09. The van der Waals surface area contributed by atoms with Crippen molar-refractivity contribution in [1.82, 2.24) is 9.97 Å². The molecule has 0 bridgehead atoms. The second kappa shape index (κ2) is 4.97. The molecule has 0 saturated heterocycles. The van der Waals surface area contributed by atoms with Crippen LogP contribution in [0.2, 0.25) is 0 Å². The molecular weight excluding hydrogens is 254 g/mol. The van der Waals surface area contributed by atoms with E-state index in [0.717, 1.165) is 27.3 Å². The minimum atomic E-state index is 0.199. The van der Waals surface area contributed by atoms with Crippen LogP contribution in [-0.2, 0) is 0 Å². The zero-order valence-corrected chi connectivity index (χ0v) is 11.7. The molecule has 4 heteroatoms. The maximum Gasteiger partial charge on any atom is 0.115 e. The van der Waals surface area contributed by atoms with Gasteiger partial charge in [0.05, 0.1) is 11.6 Å². The predicted octanol–water partition coefficient (Wildman–Crippen LogP) is 4.17. The number of aryl methyl sites for hydroxylation is 1. The van der Waals surface area contributed by atoms with Crippen molar-refractivity contribution in [3.8, 4) is 0 Å². The van der Waals surface area contributed by atoms with Crippen LogP contribution in [0, 0.1) is 6.92 Å². The minimum Gasteiger partial charge on any atom is -0.375 e. The number of anilines is 1. The summed E-state index contributed by atoms with van der Waals surface area (Å²) in [7, 11) is 0. The van der Waals surface area contributed by atoms with Gasteiger partial charge < -0.3 is 5.32 Å². The van der Waals surface area contributed by atoms with Crippen molar-refractivity contribution in [2.75, 3.05) is 5.32 Å². The maximum absolute atomic E-state index is 4.55. The molecule has 0 aliphatic carbocycles. The Hall–Kier alpha value is -1.94. The number of pyridine rings is 1. The molecule has 96 valence electrons. The monoisotopic (exact) mass is 269 g/mol. The number of rotatable bonds is 3. The van der Waals surface area contributed by atoms with Crippen LogP contribution in [0.5, 0.6) is 0 Å². The van der Waals surface area contributed by atoms with Gasteiger partial charge in [0.1, 0.15) is 5.01 Å². The van der Waals surface area contributed by atoms with Gasteiger partial charge in [-0.25, -0.2) is 4.98 Å². The van der Waals surface area contributed by atoms with E-state index < -0.39 is 0 Å². The first-order valence-corrected chi connectivity index (χ1v) is 7.14. The Balaban J connectivity index is 2.00. The quantitative estimate of drug-likeness (QED) is 0.775. The molecule has 0 aliphatic rings. The Morgan fingerprint density at radius 2 is 2.11 bits per heavy atom. The van der Waals surface area contributed by atoms with Gasteiger partial charge in [0.15, 0.2) is 0 Å². The van der Waals surface area contributed by atoms with E-state index in [4.69, 9.17) is 0 Å². The Labute approximate surface area is 116 Å². The molecule has 0 aliphatic heterocycles. The standard InChI is InChI=1S/C15H15N3S/c1-10-9-14(12-5-3-4-6-13(12)17-10)18-11(2)15-16-7-8-19-15/h3-9,11H,1-2H3,(H,17,18). The number of hydrogen-bond donors (Lipinski definition) is 1. The average molecular weight is 269 g/mol. The maximum atomic E-state index is 4.55. The number of benzene rings is 1. The molecule has 19 heavy (non-hydrogen) atoms. The molecule has 1 unspecified atom stereocenters. The normalized spacial score (nSPS) is 12.5. The SMILES string of the molecule is Cc1cc(NC(C)c2nccs2)c2ccccc2n1. The van der Waals surface area contributed by atoms with Crippen molar-refractivity contribution in [2.24, 2.45) is 0 Å². The van der Waals surface area contributed by atoms with E-state index in [9.17, 15) is 0 Å². The summed E-state index contributed by atoms with van der Waals surface area (Å²) in [4.78, 5) is 8.91. The highest BCUT2D eigenvalue weighted by Crippen LogP contribution is 2.27. The summed E-state index contributed by atoms with van der Waals surface area (Å²) in [6.45, 7) is 4.15. The van der Waals surface area contributed by atoms with Crippen LogP contribution < -0.4 is 5.32 Å². The summed E-state index contributed by atoms with van der Waals surface area (Å²) in [5.74, 6) is 0. The lowest BCUT2D eigenvalue weighted by Crippen LogP contribution is -2.07. The van der Waals surface area contributed by atoms with E-state index in [1.54, 1.807) is 11.3 Å².